The van der Waals surface area contributed by atoms with Crippen molar-refractivity contribution in [2.45, 2.75) is 215 Å². The Balaban J connectivity index is 1.42. The highest BCUT2D eigenvalue weighted by molar-refractivity contribution is 7.91. The summed E-state index contributed by atoms with van der Waals surface area (Å²) in [5.74, 6) is -2.74. The van der Waals surface area contributed by atoms with E-state index in [1.165, 1.54) is 25.8 Å². The van der Waals surface area contributed by atoms with Gasteiger partial charge < -0.3 is 73.0 Å². The Hall–Kier alpha value is -2.52. The minimum atomic E-state index is -1.86. The number of aliphatic hydroxyl groups excluding tert-OH is 3. The molecule has 21 atom stereocenters. The van der Waals surface area contributed by atoms with Crippen LogP contribution in [-0.4, -0.2) is 212 Å². The normalized spacial score (nSPS) is 39.0. The van der Waals surface area contributed by atoms with E-state index in [2.05, 4.69) is 10.3 Å². The number of carbonyl (C=O) groups is 1. The Morgan fingerprint density at radius 2 is 1.66 bits per heavy atom. The second-order valence-electron chi connectivity index (χ2n) is 22.7. The van der Waals surface area contributed by atoms with Gasteiger partial charge in [-0.05, 0) is 117 Å². The molecule has 3 aliphatic rings. The molecule has 0 saturated carbocycles. The van der Waals surface area contributed by atoms with Crippen molar-refractivity contribution in [3.63, 3.8) is 0 Å². The van der Waals surface area contributed by atoms with Crippen molar-refractivity contribution in [1.82, 2.24) is 24.8 Å². The molecule has 2 aromatic rings. The molecule has 0 spiro atoms. The Morgan fingerprint density at radius 1 is 0.987 bits per heavy atom. The fourth-order valence-corrected chi connectivity index (χ4v) is 12.7. The van der Waals surface area contributed by atoms with Crippen molar-refractivity contribution in [3.05, 3.63) is 41.7 Å². The predicted molar refractivity (Wildman–Crippen MR) is 280 cm³/mol. The highest BCUT2D eigenvalue weighted by Crippen LogP contribution is 2.41. The van der Waals surface area contributed by atoms with Crippen LogP contribution in [0.5, 0.6) is 0 Å². The zero-order valence-corrected chi connectivity index (χ0v) is 48.1. The fraction of sp³-hybridized carbons (Fsp3) is 0.833. The second kappa shape index (κ2) is 27.8. The molecule has 3 saturated heterocycles. The van der Waals surface area contributed by atoms with Gasteiger partial charge in [0.05, 0.1) is 53.9 Å². The average molecular weight is 1100 g/mol. The Labute approximate surface area is 452 Å². The number of aromatic nitrogens is 3. The number of methoxy groups -OCH3 is 2. The maximum absolute atomic E-state index is 14.8. The fourth-order valence-electron chi connectivity index (χ4n) is 11.6. The number of esters is 1. The van der Waals surface area contributed by atoms with Gasteiger partial charge in [0, 0.05) is 70.8 Å². The van der Waals surface area contributed by atoms with E-state index in [4.69, 9.17) is 33.2 Å². The van der Waals surface area contributed by atoms with Crippen LogP contribution in [-0.2, 0) is 55.5 Å². The van der Waals surface area contributed by atoms with Crippen LogP contribution < -0.4 is 0 Å². The number of benzene rings is 1. The van der Waals surface area contributed by atoms with Crippen molar-refractivity contribution < 1.29 is 76.8 Å². The van der Waals surface area contributed by atoms with Gasteiger partial charge in [-0.15, -0.1) is 5.10 Å². The molecule has 1 unspecified atom stereocenters. The van der Waals surface area contributed by atoms with Crippen LogP contribution in [0, 0.1) is 17.8 Å². The first-order valence-corrected chi connectivity index (χ1v) is 28.3. The van der Waals surface area contributed by atoms with E-state index in [0.29, 0.717) is 42.1 Å². The predicted octanol–water partition coefficient (Wildman–Crippen LogP) is 4.47. The molecule has 1 aromatic carbocycles. The van der Waals surface area contributed by atoms with Crippen LogP contribution in [0.4, 0.5) is 8.78 Å². The van der Waals surface area contributed by atoms with E-state index in [0.717, 1.165) is 0 Å². The summed E-state index contributed by atoms with van der Waals surface area (Å²) in [6.45, 7) is 16.7. The molecule has 4 heterocycles. The molecule has 22 heteroatoms. The van der Waals surface area contributed by atoms with E-state index in [9.17, 15) is 43.7 Å². The lowest BCUT2D eigenvalue weighted by atomic mass is 9.77. The van der Waals surface area contributed by atoms with E-state index >= 15 is 0 Å². The number of carbonyl (C=O) groups excluding carboxylic acids is 1. The molecule has 0 amide bonds. The summed E-state index contributed by atoms with van der Waals surface area (Å²) in [5.41, 5.74) is -3.43. The summed E-state index contributed by atoms with van der Waals surface area (Å²) in [6.07, 6.45) is -8.23. The van der Waals surface area contributed by atoms with Crippen LogP contribution in [0.25, 0.3) is 0 Å². The number of cyclic esters (lactones) is 1. The molecule has 76 heavy (non-hydrogen) atoms. The number of nitrogens with zero attached hydrogens (tertiary/aromatic N) is 5. The maximum Gasteiger partial charge on any atom is 0.311 e. The molecule has 0 bridgehead atoms. The molecule has 3 aliphatic heterocycles. The van der Waals surface area contributed by atoms with E-state index in [1.807, 2.05) is 37.7 Å². The molecule has 5 N–H and O–H groups in total. The van der Waals surface area contributed by atoms with Crippen molar-refractivity contribution in [2.24, 2.45) is 17.8 Å². The molecular formula is C54H91F2N5O14S. The quantitative estimate of drug-likeness (QED) is 0.0963. The molecule has 5 rings (SSSR count). The monoisotopic (exact) mass is 1100 g/mol. The van der Waals surface area contributed by atoms with Gasteiger partial charge in [-0.3, -0.25) is 9.18 Å². The average Bonchev–Trinajstić information content (AvgIpc) is 3.85. The van der Waals surface area contributed by atoms with Crippen LogP contribution >= 0.6 is 0 Å². The van der Waals surface area contributed by atoms with Crippen molar-refractivity contribution in [3.8, 4) is 0 Å². The molecule has 436 valence electrons. The van der Waals surface area contributed by atoms with Gasteiger partial charge in [0.2, 0.25) is 0 Å². The highest BCUT2D eigenvalue weighted by atomic mass is 32.2. The number of alkyl halides is 2. The number of rotatable bonds is 19. The number of hydrogen-bond donors (Lipinski definition) is 5. The van der Waals surface area contributed by atoms with E-state index < -0.39 is 145 Å². The van der Waals surface area contributed by atoms with Crippen molar-refractivity contribution in [2.75, 3.05) is 60.5 Å². The third kappa shape index (κ3) is 15.3. The lowest BCUT2D eigenvalue weighted by Gasteiger charge is -2.49. The molecule has 0 aliphatic carbocycles. The Morgan fingerprint density at radius 3 is 2.26 bits per heavy atom. The smallest absolute Gasteiger partial charge is 0.311 e. The molecule has 0 radical (unpaired) electrons. The van der Waals surface area contributed by atoms with E-state index in [-0.39, 0.29) is 37.4 Å². The largest absolute Gasteiger partial charge is 0.611 e. The summed E-state index contributed by atoms with van der Waals surface area (Å²) in [7, 11) is 6.64. The van der Waals surface area contributed by atoms with Crippen LogP contribution in [0.15, 0.2) is 35.4 Å². The summed E-state index contributed by atoms with van der Waals surface area (Å²) in [5, 5.41) is 68.5. The SMILES string of the molecule is CC[C@H]1OC(=O)[C@H](C)[C@@H](O[C@H]2C[C@@](C)(OC)[C@@H](O)[C@H](C)O2)[C@H](C)[C@@H](O[C@@H]2O[C@H](C)C[C@H](N(C)CCc3cn([C@H](CF)[C@H](OC)c4ccc([S+]([O-])CCCF)cc4)nn3)[C@H]2O)[C@](C)(O)C[C@@H](C)CN(C)[C@H](C)[C@@H](O)[C@]1(C)O. The second-order valence-corrected chi connectivity index (χ2v) is 24.2. The number of halogens is 2. The third-order valence-corrected chi connectivity index (χ3v) is 17.9. The van der Waals surface area contributed by atoms with Gasteiger partial charge in [0.1, 0.15) is 54.6 Å². The van der Waals surface area contributed by atoms with Crippen molar-refractivity contribution in [1.29, 1.82) is 0 Å². The van der Waals surface area contributed by atoms with Gasteiger partial charge in [-0.25, -0.2) is 9.07 Å². The van der Waals surface area contributed by atoms with Crippen LogP contribution in [0.3, 0.4) is 0 Å². The van der Waals surface area contributed by atoms with Gasteiger partial charge in [-0.2, -0.15) is 0 Å². The number of ether oxygens (including phenoxy) is 7. The van der Waals surface area contributed by atoms with Crippen molar-refractivity contribution >= 4 is 17.1 Å². The third-order valence-electron chi connectivity index (χ3n) is 16.4. The zero-order valence-electron chi connectivity index (χ0n) is 47.3. The molecule has 1 aromatic heterocycles. The topological polar surface area (TPSA) is 243 Å². The Kier molecular flexibility index (Phi) is 23.5. The number of hydrogen-bond acceptors (Lipinski definition) is 18. The van der Waals surface area contributed by atoms with E-state index in [1.54, 1.807) is 78.9 Å². The first-order chi connectivity index (χ1) is 35.7. The number of likely N-dealkylation sites (N-methyl/N-ethyl adjacent to an activating group) is 2. The number of aliphatic hydroxyl groups is 5. The maximum atomic E-state index is 14.8. The Bertz CT molecular complexity index is 2080. The first-order valence-electron chi connectivity index (χ1n) is 27.0. The van der Waals surface area contributed by atoms with Gasteiger partial charge in [0.25, 0.3) is 0 Å². The summed E-state index contributed by atoms with van der Waals surface area (Å²) < 4.78 is 85.6. The summed E-state index contributed by atoms with van der Waals surface area (Å²) in [6, 6.07) is 4.79. The minimum Gasteiger partial charge on any atom is -0.611 e. The minimum absolute atomic E-state index is 0.0718. The van der Waals surface area contributed by atoms with Gasteiger partial charge in [-0.1, -0.05) is 38.1 Å². The standard InChI is InChI=1S/C54H91F2N5O14S/c1-15-42-54(10,67)47(63)35(6)60(12)29-31(2)26-52(8,66)49(33(4)45(34(5)50(65)73-42)74-43-27-53(9,70-14)48(64)36(7)72-43)75-51-44(62)40(25-32(3)71-51)59(11)23-21-38-30-61(58-57-38)41(28-56)46(69-13)37-17-19-39(20-18-37)76(68)24-16-22-55/h17-20,30-36,40-49,51,62-64,66-67H,15-16,21-29H2,1-14H3/t31-,32-,33+,34-,35-,36+,40+,41-,42-,43+,44-,45+,46-,47-,48+,49-,51+,52-,53-,54-,76?/m1/s1. The summed E-state index contributed by atoms with van der Waals surface area (Å²) in [4.78, 5) is 18.9. The molecular weight excluding hydrogens is 1010 g/mol. The zero-order chi connectivity index (χ0) is 56.6. The highest BCUT2D eigenvalue weighted by Gasteiger charge is 2.53. The van der Waals surface area contributed by atoms with Gasteiger partial charge >= 0.3 is 5.97 Å². The van der Waals surface area contributed by atoms with Gasteiger partial charge in [0.15, 0.2) is 17.5 Å². The lowest BCUT2D eigenvalue weighted by molar-refractivity contribution is -0.318. The molecule has 19 nitrogen and oxygen atoms in total. The summed E-state index contributed by atoms with van der Waals surface area (Å²) >= 11 is -1.37. The van der Waals surface area contributed by atoms with Crippen LogP contribution in [0.2, 0.25) is 0 Å². The van der Waals surface area contributed by atoms with Crippen LogP contribution in [0.1, 0.15) is 125 Å². The molecule has 3 fully saturated rings. The first kappa shape index (κ1) is 64.3. The lowest BCUT2D eigenvalue weighted by Crippen LogP contribution is -2.61.